The van der Waals surface area contributed by atoms with Crippen LogP contribution in [-0.2, 0) is 6.54 Å². The molecule has 0 spiro atoms. The molecule has 5 nitrogen and oxygen atoms in total. The number of aromatic nitrogens is 5. The van der Waals surface area contributed by atoms with E-state index in [4.69, 9.17) is 0 Å². The highest BCUT2D eigenvalue weighted by molar-refractivity contribution is 7.11. The minimum atomic E-state index is -2.88. The smallest absolute Gasteiger partial charge is 0.256 e. The number of rotatable bonds is 4. The average molecular weight is 389 g/mol. The minimum Gasteiger partial charge on any atom is -0.256 e. The molecule has 0 aliphatic rings. The highest BCUT2D eigenvalue weighted by Gasteiger charge is 2.16. The fraction of sp³-hybridized carbons (Fsp3) is 0.222. The fourth-order valence-corrected chi connectivity index (χ4v) is 3.60. The zero-order valence-corrected chi connectivity index (χ0v) is 15.3. The molecule has 3 heterocycles. The Kier molecular flexibility index (Phi) is 4.39. The van der Waals surface area contributed by atoms with Crippen molar-refractivity contribution < 1.29 is 13.2 Å². The Bertz CT molecular complexity index is 1140. The number of benzene rings is 1. The molecule has 138 valence electrons. The number of hydrogen-bond donors (Lipinski definition) is 0. The molecular weight excluding hydrogens is 375 g/mol. The molecule has 0 atom stereocenters. The van der Waals surface area contributed by atoms with Crippen LogP contribution in [0, 0.1) is 19.7 Å². The van der Waals surface area contributed by atoms with Crippen molar-refractivity contribution in [1.82, 2.24) is 25.0 Å². The lowest BCUT2D eigenvalue weighted by Gasteiger charge is -2.07. The Morgan fingerprint density at radius 3 is 2.63 bits per heavy atom. The Hall–Kier alpha value is -2.81. The largest absolute Gasteiger partial charge is 0.266 e. The molecule has 0 saturated carbocycles. The van der Waals surface area contributed by atoms with Gasteiger partial charge in [0.15, 0.2) is 0 Å². The highest BCUT2D eigenvalue weighted by atomic mass is 32.1. The van der Waals surface area contributed by atoms with Gasteiger partial charge in [-0.2, -0.15) is 5.10 Å². The lowest BCUT2D eigenvalue weighted by Crippen LogP contribution is -2.01. The summed E-state index contributed by atoms with van der Waals surface area (Å²) in [6.45, 7) is 4.17. The molecule has 0 aliphatic carbocycles. The maximum Gasteiger partial charge on any atom is 0.266 e. The van der Waals surface area contributed by atoms with Crippen LogP contribution in [0.15, 0.2) is 30.5 Å². The third kappa shape index (κ3) is 3.30. The van der Waals surface area contributed by atoms with Gasteiger partial charge in [-0.15, -0.1) is 10.2 Å². The van der Waals surface area contributed by atoms with Crippen molar-refractivity contribution in [3.8, 4) is 11.1 Å². The van der Waals surface area contributed by atoms with E-state index in [-0.39, 0.29) is 0 Å². The Morgan fingerprint density at radius 2 is 1.93 bits per heavy atom. The number of nitrogens with zero attached hydrogens (tertiary/aromatic N) is 5. The molecule has 0 aliphatic heterocycles. The van der Waals surface area contributed by atoms with Crippen LogP contribution in [0.3, 0.4) is 0 Å². The number of pyridine rings is 1. The van der Waals surface area contributed by atoms with E-state index in [1.54, 1.807) is 10.9 Å². The second-order valence-electron chi connectivity index (χ2n) is 6.09. The summed E-state index contributed by atoms with van der Waals surface area (Å²) >= 11 is 1.48. The van der Waals surface area contributed by atoms with Crippen LogP contribution in [0.2, 0.25) is 0 Å². The van der Waals surface area contributed by atoms with Crippen LogP contribution >= 0.6 is 11.3 Å². The summed E-state index contributed by atoms with van der Waals surface area (Å²) in [7, 11) is 0. The minimum absolute atomic E-state index is 0.437. The van der Waals surface area contributed by atoms with Crippen molar-refractivity contribution in [3.63, 3.8) is 0 Å². The van der Waals surface area contributed by atoms with Gasteiger partial charge in [-0.1, -0.05) is 17.4 Å². The molecule has 4 rings (SSSR count). The normalized spacial score (nSPS) is 11.6. The standard InChI is InChI=1S/C18H14F3N5S/c1-9-17-15(26(25-9)8-16-24-23-10(2)27-16)6-12(7-22-17)11-3-4-14(19)13(5-11)18(20)21/h3-7,18H,8H2,1-2H3. The quantitative estimate of drug-likeness (QED) is 0.508. The Balaban J connectivity index is 1.79. The summed E-state index contributed by atoms with van der Waals surface area (Å²) in [4.78, 5) is 4.42. The summed E-state index contributed by atoms with van der Waals surface area (Å²) in [5.74, 6) is -0.921. The second kappa shape index (κ2) is 6.73. The molecule has 0 fully saturated rings. The topological polar surface area (TPSA) is 56.5 Å². The summed E-state index contributed by atoms with van der Waals surface area (Å²) in [5, 5.41) is 14.3. The zero-order valence-electron chi connectivity index (χ0n) is 14.4. The first-order valence-electron chi connectivity index (χ1n) is 8.12. The predicted molar refractivity (Wildman–Crippen MR) is 96.4 cm³/mol. The molecule has 0 N–H and O–H groups in total. The number of alkyl halides is 2. The monoisotopic (exact) mass is 389 g/mol. The van der Waals surface area contributed by atoms with Crippen LogP contribution in [0.25, 0.3) is 22.2 Å². The lowest BCUT2D eigenvalue weighted by atomic mass is 10.0. The molecule has 0 unspecified atom stereocenters. The summed E-state index contributed by atoms with van der Waals surface area (Å²) in [5.41, 5.74) is 2.68. The van der Waals surface area contributed by atoms with Gasteiger partial charge in [0, 0.05) is 11.8 Å². The van der Waals surface area contributed by atoms with Crippen molar-refractivity contribution in [2.75, 3.05) is 0 Å². The maximum atomic E-state index is 13.6. The first-order valence-corrected chi connectivity index (χ1v) is 8.94. The van der Waals surface area contributed by atoms with Crippen molar-refractivity contribution in [2.45, 2.75) is 26.8 Å². The van der Waals surface area contributed by atoms with Crippen molar-refractivity contribution in [2.24, 2.45) is 0 Å². The van der Waals surface area contributed by atoms with E-state index in [0.29, 0.717) is 17.7 Å². The third-order valence-electron chi connectivity index (χ3n) is 4.18. The second-order valence-corrected chi connectivity index (χ2v) is 7.35. The van der Waals surface area contributed by atoms with Crippen LogP contribution in [0.1, 0.15) is 27.7 Å². The SMILES string of the molecule is Cc1nnc(Cn2nc(C)c3ncc(-c4ccc(F)c(C(F)F)c4)cc32)s1. The van der Waals surface area contributed by atoms with Crippen molar-refractivity contribution in [3.05, 3.63) is 57.6 Å². The Labute approximate surface area is 156 Å². The number of aryl methyl sites for hydroxylation is 2. The molecule has 4 aromatic rings. The number of fused-ring (bicyclic) bond motifs is 1. The van der Waals surface area contributed by atoms with Crippen LogP contribution in [-0.4, -0.2) is 25.0 Å². The van der Waals surface area contributed by atoms with E-state index in [1.807, 2.05) is 19.9 Å². The van der Waals surface area contributed by atoms with E-state index >= 15 is 0 Å². The molecule has 0 radical (unpaired) electrons. The van der Waals surface area contributed by atoms with Gasteiger partial charge in [0.1, 0.15) is 21.3 Å². The first-order chi connectivity index (χ1) is 12.9. The molecule has 27 heavy (non-hydrogen) atoms. The molecular formula is C18H14F3N5S. The van der Waals surface area contributed by atoms with Crippen LogP contribution in [0.5, 0.6) is 0 Å². The summed E-state index contributed by atoms with van der Waals surface area (Å²) in [6, 6.07) is 5.49. The third-order valence-corrected chi connectivity index (χ3v) is 5.00. The zero-order chi connectivity index (χ0) is 19.1. The van der Waals surface area contributed by atoms with Gasteiger partial charge in [0.25, 0.3) is 6.43 Å². The molecule has 0 bridgehead atoms. The van der Waals surface area contributed by atoms with E-state index in [1.165, 1.54) is 17.4 Å². The van der Waals surface area contributed by atoms with Gasteiger partial charge < -0.3 is 0 Å². The molecule has 0 saturated heterocycles. The van der Waals surface area contributed by atoms with Gasteiger partial charge in [0.05, 0.1) is 23.3 Å². The van der Waals surface area contributed by atoms with Gasteiger partial charge >= 0.3 is 0 Å². The van der Waals surface area contributed by atoms with Gasteiger partial charge in [-0.25, -0.2) is 13.2 Å². The summed E-state index contributed by atoms with van der Waals surface area (Å²) < 4.78 is 41.4. The fourth-order valence-electron chi connectivity index (χ4n) is 2.91. The van der Waals surface area contributed by atoms with Gasteiger partial charge in [0.2, 0.25) is 0 Å². The maximum absolute atomic E-state index is 13.6. The van der Waals surface area contributed by atoms with Crippen molar-refractivity contribution >= 4 is 22.4 Å². The number of hydrogen-bond acceptors (Lipinski definition) is 5. The predicted octanol–water partition coefficient (Wildman–Crippen LogP) is 4.69. The molecule has 0 amide bonds. The van der Waals surface area contributed by atoms with E-state index in [2.05, 4.69) is 20.3 Å². The van der Waals surface area contributed by atoms with Crippen LogP contribution < -0.4 is 0 Å². The molecule has 9 heteroatoms. The van der Waals surface area contributed by atoms with E-state index < -0.39 is 17.8 Å². The average Bonchev–Trinajstić information content (AvgIpc) is 3.18. The van der Waals surface area contributed by atoms with Crippen molar-refractivity contribution in [1.29, 1.82) is 0 Å². The van der Waals surface area contributed by atoms with Gasteiger partial charge in [-0.3, -0.25) is 9.67 Å². The first kappa shape index (κ1) is 17.6. The van der Waals surface area contributed by atoms with Crippen LogP contribution in [0.4, 0.5) is 13.2 Å². The number of halogens is 3. The van der Waals surface area contributed by atoms with E-state index in [9.17, 15) is 13.2 Å². The molecule has 3 aromatic heterocycles. The summed E-state index contributed by atoms with van der Waals surface area (Å²) in [6.07, 6.45) is -1.30. The lowest BCUT2D eigenvalue weighted by molar-refractivity contribution is 0.146. The molecule has 1 aromatic carbocycles. The van der Waals surface area contributed by atoms with Gasteiger partial charge in [-0.05, 0) is 37.6 Å². The Morgan fingerprint density at radius 1 is 1.11 bits per heavy atom. The van der Waals surface area contributed by atoms with E-state index in [0.717, 1.165) is 38.9 Å². The highest BCUT2D eigenvalue weighted by Crippen LogP contribution is 2.30.